The van der Waals surface area contributed by atoms with Crippen LogP contribution in [0.4, 0.5) is 10.1 Å². The molecule has 0 unspecified atom stereocenters. The molecule has 0 aliphatic rings. The second-order valence-electron chi connectivity index (χ2n) is 1.99. The standard InChI is InChI=1S/C7H7BrFNO/c1-11-5-3-2-4(10)7(9)6(5)8/h2-3H,10H2,1H3. The lowest BCUT2D eigenvalue weighted by molar-refractivity contribution is 0.408. The number of hydrogen-bond acceptors (Lipinski definition) is 2. The second-order valence-corrected chi connectivity index (χ2v) is 2.78. The van der Waals surface area contributed by atoms with E-state index in [2.05, 4.69) is 15.9 Å². The number of hydrogen-bond donors (Lipinski definition) is 1. The molecule has 2 nitrogen and oxygen atoms in total. The maximum atomic E-state index is 12.9. The van der Waals surface area contributed by atoms with E-state index in [1.54, 1.807) is 6.07 Å². The Morgan fingerprint density at radius 3 is 2.73 bits per heavy atom. The summed E-state index contributed by atoms with van der Waals surface area (Å²) in [6, 6.07) is 3.06. The normalized spacial score (nSPS) is 9.73. The van der Waals surface area contributed by atoms with Crippen LogP contribution in [0.5, 0.6) is 5.75 Å². The van der Waals surface area contributed by atoms with Crippen LogP contribution in [0.25, 0.3) is 0 Å². The fourth-order valence-corrected chi connectivity index (χ4v) is 1.23. The Morgan fingerprint density at radius 1 is 1.55 bits per heavy atom. The molecule has 0 radical (unpaired) electrons. The first-order valence-corrected chi connectivity index (χ1v) is 3.73. The maximum Gasteiger partial charge on any atom is 0.163 e. The van der Waals surface area contributed by atoms with E-state index in [9.17, 15) is 4.39 Å². The predicted octanol–water partition coefficient (Wildman–Crippen LogP) is 2.18. The Balaban J connectivity index is 3.25. The summed E-state index contributed by atoms with van der Waals surface area (Å²) in [4.78, 5) is 0. The van der Waals surface area contributed by atoms with Gasteiger partial charge in [0.2, 0.25) is 0 Å². The SMILES string of the molecule is COc1ccc(N)c(F)c1Br. The van der Waals surface area contributed by atoms with E-state index < -0.39 is 5.82 Å². The van der Waals surface area contributed by atoms with Crippen molar-refractivity contribution < 1.29 is 9.13 Å². The lowest BCUT2D eigenvalue weighted by Gasteiger charge is -2.04. The summed E-state index contributed by atoms with van der Waals surface area (Å²) >= 11 is 3.01. The van der Waals surface area contributed by atoms with Gasteiger partial charge in [0, 0.05) is 0 Å². The van der Waals surface area contributed by atoms with Gasteiger partial charge in [-0.3, -0.25) is 0 Å². The smallest absolute Gasteiger partial charge is 0.163 e. The number of benzene rings is 1. The van der Waals surface area contributed by atoms with Crippen LogP contribution in [-0.2, 0) is 0 Å². The predicted molar refractivity (Wildman–Crippen MR) is 45.1 cm³/mol. The molecule has 2 N–H and O–H groups in total. The average Bonchev–Trinajstić information content (AvgIpc) is 2.01. The number of ether oxygens (including phenoxy) is 1. The molecule has 4 heteroatoms. The highest BCUT2D eigenvalue weighted by molar-refractivity contribution is 9.10. The van der Waals surface area contributed by atoms with Gasteiger partial charge in [-0.25, -0.2) is 4.39 Å². The zero-order valence-electron chi connectivity index (χ0n) is 5.90. The summed E-state index contributed by atoms with van der Waals surface area (Å²) < 4.78 is 18.0. The molecule has 0 saturated carbocycles. The van der Waals surface area contributed by atoms with E-state index in [0.29, 0.717) is 5.75 Å². The van der Waals surface area contributed by atoms with Gasteiger partial charge in [0.05, 0.1) is 17.3 Å². The molecule has 1 aromatic rings. The van der Waals surface area contributed by atoms with Crippen molar-refractivity contribution in [1.82, 2.24) is 0 Å². The van der Waals surface area contributed by atoms with E-state index in [-0.39, 0.29) is 10.2 Å². The topological polar surface area (TPSA) is 35.2 Å². The Kier molecular flexibility index (Phi) is 2.34. The molecular formula is C7H7BrFNO. The van der Waals surface area contributed by atoms with Gasteiger partial charge >= 0.3 is 0 Å². The molecule has 0 saturated heterocycles. The highest BCUT2D eigenvalue weighted by Gasteiger charge is 2.08. The average molecular weight is 220 g/mol. The molecule has 0 aromatic heterocycles. The van der Waals surface area contributed by atoms with Crippen LogP contribution in [0.2, 0.25) is 0 Å². The summed E-state index contributed by atoms with van der Waals surface area (Å²) in [7, 11) is 1.47. The monoisotopic (exact) mass is 219 g/mol. The first-order chi connectivity index (χ1) is 5.16. The molecular weight excluding hydrogens is 213 g/mol. The number of anilines is 1. The molecule has 1 rings (SSSR count). The summed E-state index contributed by atoms with van der Waals surface area (Å²) in [5, 5.41) is 0. The zero-order valence-corrected chi connectivity index (χ0v) is 7.48. The molecule has 1 aromatic carbocycles. The number of nitrogen functional groups attached to an aromatic ring is 1. The van der Waals surface area contributed by atoms with Crippen molar-refractivity contribution in [3.63, 3.8) is 0 Å². The van der Waals surface area contributed by atoms with E-state index in [1.165, 1.54) is 13.2 Å². The number of nitrogens with two attached hydrogens (primary N) is 1. The lowest BCUT2D eigenvalue weighted by atomic mass is 10.3. The molecule has 11 heavy (non-hydrogen) atoms. The van der Waals surface area contributed by atoms with Crippen LogP contribution in [0.15, 0.2) is 16.6 Å². The third kappa shape index (κ3) is 1.45. The van der Waals surface area contributed by atoms with Crippen molar-refractivity contribution in [2.24, 2.45) is 0 Å². The van der Waals surface area contributed by atoms with E-state index in [0.717, 1.165) is 0 Å². The number of rotatable bonds is 1. The third-order valence-corrected chi connectivity index (χ3v) is 2.04. The quantitative estimate of drug-likeness (QED) is 0.736. The first-order valence-electron chi connectivity index (χ1n) is 2.94. The Bertz CT molecular complexity index is 277. The van der Waals surface area contributed by atoms with Crippen molar-refractivity contribution in [3.05, 3.63) is 22.4 Å². The Labute approximate surface area is 72.3 Å². The lowest BCUT2D eigenvalue weighted by Crippen LogP contribution is -1.93. The number of methoxy groups -OCH3 is 1. The summed E-state index contributed by atoms with van der Waals surface area (Å²) in [6.07, 6.45) is 0. The van der Waals surface area contributed by atoms with Gasteiger partial charge in [0.15, 0.2) is 5.82 Å². The van der Waals surface area contributed by atoms with Crippen LogP contribution in [0.1, 0.15) is 0 Å². The fraction of sp³-hybridized carbons (Fsp3) is 0.143. The second kappa shape index (κ2) is 3.09. The van der Waals surface area contributed by atoms with Crippen LogP contribution >= 0.6 is 15.9 Å². The summed E-state index contributed by atoms with van der Waals surface area (Å²) in [6.45, 7) is 0. The molecule has 0 atom stereocenters. The van der Waals surface area contributed by atoms with E-state index in [4.69, 9.17) is 10.5 Å². The molecule has 0 fully saturated rings. The van der Waals surface area contributed by atoms with Crippen LogP contribution < -0.4 is 10.5 Å². The van der Waals surface area contributed by atoms with Crippen molar-refractivity contribution in [1.29, 1.82) is 0 Å². The Morgan fingerprint density at radius 2 is 2.18 bits per heavy atom. The van der Waals surface area contributed by atoms with Gasteiger partial charge in [-0.05, 0) is 28.1 Å². The van der Waals surface area contributed by atoms with Crippen LogP contribution in [-0.4, -0.2) is 7.11 Å². The largest absolute Gasteiger partial charge is 0.495 e. The highest BCUT2D eigenvalue weighted by atomic mass is 79.9. The first kappa shape index (κ1) is 8.33. The van der Waals surface area contributed by atoms with Gasteiger partial charge in [-0.1, -0.05) is 0 Å². The van der Waals surface area contributed by atoms with Gasteiger partial charge in [-0.15, -0.1) is 0 Å². The van der Waals surface area contributed by atoms with Crippen molar-refractivity contribution in [2.45, 2.75) is 0 Å². The van der Waals surface area contributed by atoms with Gasteiger partial charge in [-0.2, -0.15) is 0 Å². The molecule has 0 heterocycles. The van der Waals surface area contributed by atoms with Crippen LogP contribution in [0.3, 0.4) is 0 Å². The maximum absolute atomic E-state index is 12.9. The third-order valence-electron chi connectivity index (χ3n) is 1.30. The summed E-state index contributed by atoms with van der Waals surface area (Å²) in [5.74, 6) is -0.0407. The molecule has 0 aliphatic heterocycles. The van der Waals surface area contributed by atoms with Crippen molar-refractivity contribution in [3.8, 4) is 5.75 Å². The minimum atomic E-state index is -0.482. The number of halogens is 2. The van der Waals surface area contributed by atoms with Crippen LogP contribution in [0, 0.1) is 5.82 Å². The molecule has 0 amide bonds. The van der Waals surface area contributed by atoms with Gasteiger partial charge in [0.25, 0.3) is 0 Å². The van der Waals surface area contributed by atoms with E-state index in [1.807, 2.05) is 0 Å². The zero-order chi connectivity index (χ0) is 8.43. The summed E-state index contributed by atoms with van der Waals surface area (Å²) in [5.41, 5.74) is 5.39. The fourth-order valence-electron chi connectivity index (χ4n) is 0.704. The molecule has 0 spiro atoms. The molecule has 60 valence electrons. The minimum Gasteiger partial charge on any atom is -0.495 e. The minimum absolute atomic E-state index is 0.109. The van der Waals surface area contributed by atoms with Crippen molar-refractivity contribution >= 4 is 21.6 Å². The van der Waals surface area contributed by atoms with Gasteiger partial charge in [0.1, 0.15) is 5.75 Å². The van der Waals surface area contributed by atoms with E-state index >= 15 is 0 Å². The highest BCUT2D eigenvalue weighted by Crippen LogP contribution is 2.30. The van der Waals surface area contributed by atoms with Gasteiger partial charge < -0.3 is 10.5 Å². The molecule has 0 aliphatic carbocycles. The molecule has 0 bridgehead atoms. The van der Waals surface area contributed by atoms with Crippen molar-refractivity contribution in [2.75, 3.05) is 12.8 Å². The Hall–Kier alpha value is -0.770.